The standard InChI is InChI=1S/C15H17BrO4S/c16-13-4-3-11(7-12(13)14(17)18)21-9-10-8-19-15(20-10)5-1-2-6-15/h3-4,7,10H,1-2,5-6,8-9H2,(H,17,18). The van der Waals surface area contributed by atoms with Crippen molar-refractivity contribution in [1.82, 2.24) is 0 Å². The van der Waals surface area contributed by atoms with Gasteiger partial charge in [-0.05, 0) is 47.0 Å². The van der Waals surface area contributed by atoms with Gasteiger partial charge in [-0.25, -0.2) is 4.79 Å². The molecule has 1 atom stereocenters. The second-order valence-electron chi connectivity index (χ2n) is 5.43. The Bertz CT molecular complexity index is 542. The number of rotatable bonds is 4. The first kappa shape index (κ1) is 15.3. The Morgan fingerprint density at radius 2 is 2.19 bits per heavy atom. The van der Waals surface area contributed by atoms with Gasteiger partial charge in [-0.2, -0.15) is 0 Å². The molecule has 0 amide bonds. The number of carbonyl (C=O) groups is 1. The molecular formula is C15H17BrO4S. The average Bonchev–Trinajstić information content (AvgIpc) is 3.08. The van der Waals surface area contributed by atoms with Crippen LogP contribution in [-0.2, 0) is 9.47 Å². The van der Waals surface area contributed by atoms with E-state index in [0.717, 1.165) is 23.5 Å². The SMILES string of the molecule is O=C(O)c1cc(SCC2COC3(CCCC3)O2)ccc1Br. The summed E-state index contributed by atoms with van der Waals surface area (Å²) in [6.07, 6.45) is 4.43. The van der Waals surface area contributed by atoms with Gasteiger partial charge in [-0.15, -0.1) is 11.8 Å². The lowest BCUT2D eigenvalue weighted by Gasteiger charge is -2.21. The van der Waals surface area contributed by atoms with Crippen LogP contribution in [0.3, 0.4) is 0 Å². The quantitative estimate of drug-likeness (QED) is 0.811. The number of ether oxygens (including phenoxy) is 2. The Labute approximate surface area is 136 Å². The van der Waals surface area contributed by atoms with E-state index in [4.69, 9.17) is 14.6 Å². The van der Waals surface area contributed by atoms with Gasteiger partial charge in [0.1, 0.15) is 0 Å². The molecule has 1 unspecified atom stereocenters. The van der Waals surface area contributed by atoms with E-state index in [2.05, 4.69) is 15.9 Å². The van der Waals surface area contributed by atoms with E-state index in [0.29, 0.717) is 11.1 Å². The normalized spacial score (nSPS) is 23.8. The lowest BCUT2D eigenvalue weighted by atomic mass is 10.2. The molecule has 6 heteroatoms. The van der Waals surface area contributed by atoms with Crippen molar-refractivity contribution in [3.63, 3.8) is 0 Å². The van der Waals surface area contributed by atoms with Crippen molar-refractivity contribution in [3.8, 4) is 0 Å². The van der Waals surface area contributed by atoms with Crippen molar-refractivity contribution in [3.05, 3.63) is 28.2 Å². The zero-order valence-corrected chi connectivity index (χ0v) is 13.9. The number of carboxylic acids is 1. The summed E-state index contributed by atoms with van der Waals surface area (Å²) in [4.78, 5) is 12.1. The lowest BCUT2D eigenvalue weighted by Crippen LogP contribution is -2.27. The molecule has 3 rings (SSSR count). The predicted molar refractivity (Wildman–Crippen MR) is 83.8 cm³/mol. The van der Waals surface area contributed by atoms with Crippen LogP contribution in [-0.4, -0.2) is 35.3 Å². The summed E-state index contributed by atoms with van der Waals surface area (Å²) in [5, 5.41) is 9.13. The molecule has 0 bridgehead atoms. The molecule has 2 fully saturated rings. The zero-order valence-electron chi connectivity index (χ0n) is 11.5. The Balaban J connectivity index is 1.58. The molecule has 1 aliphatic heterocycles. The van der Waals surface area contributed by atoms with Crippen molar-refractivity contribution in [1.29, 1.82) is 0 Å². The molecular weight excluding hydrogens is 356 g/mol. The van der Waals surface area contributed by atoms with E-state index in [9.17, 15) is 4.79 Å². The van der Waals surface area contributed by atoms with Gasteiger partial charge in [-0.1, -0.05) is 0 Å². The third-order valence-electron chi connectivity index (χ3n) is 3.88. The molecule has 1 aliphatic carbocycles. The summed E-state index contributed by atoms with van der Waals surface area (Å²) in [6, 6.07) is 5.39. The summed E-state index contributed by atoms with van der Waals surface area (Å²) >= 11 is 4.87. The lowest BCUT2D eigenvalue weighted by molar-refractivity contribution is -0.159. The fourth-order valence-electron chi connectivity index (χ4n) is 2.82. The maximum Gasteiger partial charge on any atom is 0.336 e. The number of carboxylic acid groups (broad SMARTS) is 1. The monoisotopic (exact) mass is 372 g/mol. The van der Waals surface area contributed by atoms with Crippen LogP contribution in [0, 0.1) is 0 Å². The molecule has 1 saturated carbocycles. The van der Waals surface area contributed by atoms with Crippen LogP contribution in [0.2, 0.25) is 0 Å². The summed E-state index contributed by atoms with van der Waals surface area (Å²) in [7, 11) is 0. The molecule has 114 valence electrons. The molecule has 0 radical (unpaired) electrons. The number of hydrogen-bond acceptors (Lipinski definition) is 4. The molecule has 1 saturated heterocycles. The first-order valence-corrected chi connectivity index (χ1v) is 8.83. The second kappa shape index (κ2) is 6.28. The Morgan fingerprint density at radius 1 is 1.43 bits per heavy atom. The Hall–Kier alpha value is -0.560. The molecule has 1 heterocycles. The van der Waals surface area contributed by atoms with Gasteiger partial charge in [0.25, 0.3) is 0 Å². The molecule has 1 aromatic rings. The summed E-state index contributed by atoms with van der Waals surface area (Å²) in [5.74, 6) is -0.464. The van der Waals surface area contributed by atoms with Gasteiger partial charge in [0, 0.05) is 28.0 Å². The molecule has 4 nitrogen and oxygen atoms in total. The maximum absolute atomic E-state index is 11.1. The van der Waals surface area contributed by atoms with E-state index < -0.39 is 5.97 Å². The maximum atomic E-state index is 11.1. The molecule has 1 N–H and O–H groups in total. The minimum atomic E-state index is -0.922. The number of hydrogen-bond donors (Lipinski definition) is 1. The highest BCUT2D eigenvalue weighted by molar-refractivity contribution is 9.10. The van der Waals surface area contributed by atoms with Crippen LogP contribution in [0.5, 0.6) is 0 Å². The zero-order chi connectivity index (χ0) is 14.9. The number of halogens is 1. The fraction of sp³-hybridized carbons (Fsp3) is 0.533. The van der Waals surface area contributed by atoms with Gasteiger partial charge >= 0.3 is 5.97 Å². The molecule has 2 aliphatic rings. The van der Waals surface area contributed by atoms with E-state index in [1.165, 1.54) is 12.8 Å². The first-order chi connectivity index (χ1) is 10.1. The highest BCUT2D eigenvalue weighted by Gasteiger charge is 2.43. The van der Waals surface area contributed by atoms with Gasteiger partial charge < -0.3 is 14.6 Å². The minimum absolute atomic E-state index is 0.0880. The minimum Gasteiger partial charge on any atom is -0.478 e. The number of aromatic carboxylic acids is 1. The van der Waals surface area contributed by atoms with Crippen LogP contribution in [0.15, 0.2) is 27.6 Å². The van der Waals surface area contributed by atoms with Gasteiger partial charge in [0.05, 0.1) is 18.3 Å². The van der Waals surface area contributed by atoms with E-state index in [-0.39, 0.29) is 17.5 Å². The van der Waals surface area contributed by atoms with Crippen molar-refractivity contribution >= 4 is 33.7 Å². The van der Waals surface area contributed by atoms with Crippen LogP contribution < -0.4 is 0 Å². The largest absolute Gasteiger partial charge is 0.478 e. The molecule has 21 heavy (non-hydrogen) atoms. The van der Waals surface area contributed by atoms with Gasteiger partial charge in [0.15, 0.2) is 5.79 Å². The Morgan fingerprint density at radius 3 is 2.90 bits per heavy atom. The summed E-state index contributed by atoms with van der Waals surface area (Å²) in [5.41, 5.74) is 0.288. The van der Waals surface area contributed by atoms with Gasteiger partial charge in [0.2, 0.25) is 0 Å². The first-order valence-electron chi connectivity index (χ1n) is 7.05. The van der Waals surface area contributed by atoms with Crippen molar-refractivity contribution < 1.29 is 19.4 Å². The van der Waals surface area contributed by atoms with Crippen LogP contribution >= 0.6 is 27.7 Å². The second-order valence-corrected chi connectivity index (χ2v) is 7.37. The molecule has 1 aromatic carbocycles. The predicted octanol–water partition coefficient (Wildman–Crippen LogP) is 3.93. The highest BCUT2D eigenvalue weighted by atomic mass is 79.9. The average molecular weight is 373 g/mol. The van der Waals surface area contributed by atoms with Crippen molar-refractivity contribution in [2.45, 2.75) is 42.5 Å². The van der Waals surface area contributed by atoms with E-state index >= 15 is 0 Å². The smallest absolute Gasteiger partial charge is 0.336 e. The third kappa shape index (κ3) is 3.44. The third-order valence-corrected chi connectivity index (χ3v) is 5.70. The summed E-state index contributed by atoms with van der Waals surface area (Å²) in [6.45, 7) is 0.634. The van der Waals surface area contributed by atoms with E-state index in [1.54, 1.807) is 23.9 Å². The molecule has 0 aromatic heterocycles. The Kier molecular flexibility index (Phi) is 4.59. The van der Waals surface area contributed by atoms with E-state index in [1.807, 2.05) is 6.07 Å². The van der Waals surface area contributed by atoms with Crippen LogP contribution in [0.25, 0.3) is 0 Å². The summed E-state index contributed by atoms with van der Waals surface area (Å²) < 4.78 is 12.5. The van der Waals surface area contributed by atoms with Gasteiger partial charge in [-0.3, -0.25) is 0 Å². The fourth-order valence-corrected chi connectivity index (χ4v) is 4.15. The van der Waals surface area contributed by atoms with Crippen molar-refractivity contribution in [2.24, 2.45) is 0 Å². The van der Waals surface area contributed by atoms with Crippen LogP contribution in [0.1, 0.15) is 36.0 Å². The van der Waals surface area contributed by atoms with Crippen molar-refractivity contribution in [2.75, 3.05) is 12.4 Å². The highest BCUT2D eigenvalue weighted by Crippen LogP contribution is 2.40. The number of benzene rings is 1. The van der Waals surface area contributed by atoms with Crippen LogP contribution in [0.4, 0.5) is 0 Å². The topological polar surface area (TPSA) is 55.8 Å². The number of thioether (sulfide) groups is 1. The molecule has 1 spiro atoms.